The second kappa shape index (κ2) is 6.86. The van der Waals surface area contributed by atoms with E-state index >= 15 is 0 Å². The number of carbonyl (C=O) groups is 1. The Bertz CT molecular complexity index is 737. The van der Waals surface area contributed by atoms with E-state index in [1.54, 1.807) is 20.8 Å². The summed E-state index contributed by atoms with van der Waals surface area (Å²) in [6.45, 7) is 5.49. The maximum atomic E-state index is 12.7. The molecular weight excluding hydrogens is 323 g/mol. The summed E-state index contributed by atoms with van der Waals surface area (Å²) in [5.74, 6) is -0.667. The SMILES string of the molecule is CCOc1nc(C)c(NC(=O)c2cccc(C(F)(F)F)c2)c(C)n1. The molecule has 0 aliphatic heterocycles. The van der Waals surface area contributed by atoms with E-state index in [2.05, 4.69) is 15.3 Å². The smallest absolute Gasteiger partial charge is 0.416 e. The lowest BCUT2D eigenvalue weighted by Crippen LogP contribution is -2.16. The summed E-state index contributed by atoms with van der Waals surface area (Å²) in [6, 6.07) is 4.39. The summed E-state index contributed by atoms with van der Waals surface area (Å²) in [6.07, 6.45) is -4.51. The van der Waals surface area contributed by atoms with E-state index in [1.807, 2.05) is 0 Å². The van der Waals surface area contributed by atoms with Crippen molar-refractivity contribution in [3.63, 3.8) is 0 Å². The van der Waals surface area contributed by atoms with Crippen LogP contribution < -0.4 is 10.1 Å². The van der Waals surface area contributed by atoms with Gasteiger partial charge in [-0.2, -0.15) is 23.1 Å². The molecule has 8 heteroatoms. The molecule has 1 N–H and O–H groups in total. The van der Waals surface area contributed by atoms with E-state index < -0.39 is 17.6 Å². The predicted molar refractivity (Wildman–Crippen MR) is 82.1 cm³/mol. The van der Waals surface area contributed by atoms with Crippen molar-refractivity contribution in [2.45, 2.75) is 26.9 Å². The minimum absolute atomic E-state index is 0.0995. The molecule has 1 amide bonds. The van der Waals surface area contributed by atoms with Crippen LogP contribution in [-0.2, 0) is 6.18 Å². The van der Waals surface area contributed by atoms with Gasteiger partial charge < -0.3 is 10.1 Å². The molecule has 1 aromatic heterocycles. The molecule has 5 nitrogen and oxygen atoms in total. The fourth-order valence-electron chi connectivity index (χ4n) is 2.08. The van der Waals surface area contributed by atoms with E-state index in [4.69, 9.17) is 4.74 Å². The number of anilines is 1. The number of rotatable bonds is 4. The number of nitrogens with one attached hydrogen (secondary N) is 1. The van der Waals surface area contributed by atoms with Gasteiger partial charge >= 0.3 is 12.2 Å². The third kappa shape index (κ3) is 4.01. The Hall–Kier alpha value is -2.64. The number of nitrogens with zero attached hydrogens (tertiary/aromatic N) is 2. The number of alkyl halides is 3. The first-order chi connectivity index (χ1) is 11.2. The molecule has 0 saturated heterocycles. The van der Waals surface area contributed by atoms with Crippen molar-refractivity contribution in [2.75, 3.05) is 11.9 Å². The summed E-state index contributed by atoms with van der Waals surface area (Å²) < 4.78 is 43.4. The molecule has 0 saturated carbocycles. The van der Waals surface area contributed by atoms with Crippen molar-refractivity contribution in [1.82, 2.24) is 9.97 Å². The van der Waals surface area contributed by atoms with Gasteiger partial charge in [0.05, 0.1) is 29.2 Å². The number of ether oxygens (including phenoxy) is 1. The van der Waals surface area contributed by atoms with E-state index in [1.165, 1.54) is 12.1 Å². The molecule has 2 rings (SSSR count). The summed E-state index contributed by atoms with van der Waals surface area (Å²) in [5.41, 5.74) is 0.294. The van der Waals surface area contributed by atoms with Crippen LogP contribution in [-0.4, -0.2) is 22.5 Å². The molecule has 0 fully saturated rings. The number of carbonyl (C=O) groups excluding carboxylic acids is 1. The molecule has 0 atom stereocenters. The highest BCUT2D eigenvalue weighted by atomic mass is 19.4. The van der Waals surface area contributed by atoms with Gasteiger partial charge in [0.25, 0.3) is 5.91 Å². The van der Waals surface area contributed by atoms with E-state index in [-0.39, 0.29) is 11.6 Å². The van der Waals surface area contributed by atoms with Gasteiger partial charge in [0.1, 0.15) is 0 Å². The van der Waals surface area contributed by atoms with E-state index in [0.717, 1.165) is 12.1 Å². The van der Waals surface area contributed by atoms with Gasteiger partial charge in [-0.3, -0.25) is 4.79 Å². The van der Waals surface area contributed by atoms with Crippen LogP contribution in [0.2, 0.25) is 0 Å². The zero-order valence-corrected chi connectivity index (χ0v) is 13.4. The van der Waals surface area contributed by atoms with Crippen molar-refractivity contribution in [2.24, 2.45) is 0 Å². The van der Waals surface area contributed by atoms with Crippen LogP contribution >= 0.6 is 0 Å². The van der Waals surface area contributed by atoms with Gasteiger partial charge in [-0.1, -0.05) is 6.07 Å². The number of aromatic nitrogens is 2. The molecule has 2 aromatic rings. The van der Waals surface area contributed by atoms with Gasteiger partial charge in [-0.05, 0) is 39.0 Å². The molecule has 1 heterocycles. The van der Waals surface area contributed by atoms with Gasteiger partial charge in [0.15, 0.2) is 0 Å². The fraction of sp³-hybridized carbons (Fsp3) is 0.312. The number of amides is 1. The van der Waals surface area contributed by atoms with Crippen LogP contribution in [0.1, 0.15) is 34.2 Å². The average Bonchev–Trinajstić information content (AvgIpc) is 2.50. The molecule has 0 radical (unpaired) electrons. The van der Waals surface area contributed by atoms with Crippen LogP contribution in [0.25, 0.3) is 0 Å². The summed E-state index contributed by atoms with van der Waals surface area (Å²) in [5, 5.41) is 2.56. The van der Waals surface area contributed by atoms with Crippen LogP contribution in [0, 0.1) is 13.8 Å². The van der Waals surface area contributed by atoms with Gasteiger partial charge in [-0.25, -0.2) is 0 Å². The van der Waals surface area contributed by atoms with Crippen LogP contribution in [0.15, 0.2) is 24.3 Å². The number of benzene rings is 1. The van der Waals surface area contributed by atoms with Crippen molar-refractivity contribution in [1.29, 1.82) is 0 Å². The maximum absolute atomic E-state index is 12.7. The zero-order valence-electron chi connectivity index (χ0n) is 13.4. The Morgan fingerprint density at radius 2 is 1.83 bits per heavy atom. The molecule has 0 unspecified atom stereocenters. The monoisotopic (exact) mass is 339 g/mol. The molecular formula is C16H16F3N3O2. The quantitative estimate of drug-likeness (QED) is 0.921. The lowest BCUT2D eigenvalue weighted by molar-refractivity contribution is -0.137. The highest BCUT2D eigenvalue weighted by molar-refractivity contribution is 6.04. The minimum atomic E-state index is -4.51. The van der Waals surface area contributed by atoms with Crippen molar-refractivity contribution >= 4 is 11.6 Å². The largest absolute Gasteiger partial charge is 0.464 e. The lowest BCUT2D eigenvalue weighted by atomic mass is 10.1. The third-order valence-corrected chi connectivity index (χ3v) is 3.21. The Morgan fingerprint density at radius 3 is 2.38 bits per heavy atom. The molecule has 0 aliphatic carbocycles. The highest BCUT2D eigenvalue weighted by Gasteiger charge is 2.31. The molecule has 1 aromatic carbocycles. The van der Waals surface area contributed by atoms with Gasteiger partial charge in [0, 0.05) is 5.56 Å². The Labute approximate surface area is 136 Å². The zero-order chi connectivity index (χ0) is 17.9. The standard InChI is InChI=1S/C16H16F3N3O2/c1-4-24-15-20-9(2)13(10(3)21-15)22-14(23)11-6-5-7-12(8-11)16(17,18)19/h5-8H,4H2,1-3H3,(H,22,23). The van der Waals surface area contributed by atoms with Crippen LogP contribution in [0.3, 0.4) is 0 Å². The Kier molecular flexibility index (Phi) is 5.06. The summed E-state index contributed by atoms with van der Waals surface area (Å²) in [4.78, 5) is 20.4. The molecule has 0 bridgehead atoms. The third-order valence-electron chi connectivity index (χ3n) is 3.21. The Balaban J connectivity index is 2.27. The average molecular weight is 339 g/mol. The fourth-order valence-corrected chi connectivity index (χ4v) is 2.08. The van der Waals surface area contributed by atoms with E-state index in [0.29, 0.717) is 23.7 Å². The van der Waals surface area contributed by atoms with Crippen molar-refractivity contribution in [3.05, 3.63) is 46.8 Å². The van der Waals surface area contributed by atoms with Gasteiger partial charge in [0.2, 0.25) is 0 Å². The summed E-state index contributed by atoms with van der Waals surface area (Å²) >= 11 is 0. The minimum Gasteiger partial charge on any atom is -0.464 e. The molecule has 24 heavy (non-hydrogen) atoms. The van der Waals surface area contributed by atoms with Crippen LogP contribution in [0.5, 0.6) is 6.01 Å². The maximum Gasteiger partial charge on any atom is 0.416 e. The van der Waals surface area contributed by atoms with Crippen LogP contribution in [0.4, 0.5) is 18.9 Å². The first kappa shape index (κ1) is 17.7. The number of hydrogen-bond acceptors (Lipinski definition) is 4. The lowest BCUT2D eigenvalue weighted by Gasteiger charge is -2.13. The van der Waals surface area contributed by atoms with E-state index in [9.17, 15) is 18.0 Å². The molecule has 0 aliphatic rings. The highest BCUT2D eigenvalue weighted by Crippen LogP contribution is 2.30. The van der Waals surface area contributed by atoms with Crippen molar-refractivity contribution < 1.29 is 22.7 Å². The number of halogens is 3. The summed E-state index contributed by atoms with van der Waals surface area (Å²) in [7, 11) is 0. The number of hydrogen-bond donors (Lipinski definition) is 1. The number of aryl methyl sites for hydroxylation is 2. The second-order valence-corrected chi connectivity index (χ2v) is 5.02. The second-order valence-electron chi connectivity index (χ2n) is 5.02. The topological polar surface area (TPSA) is 64.1 Å². The predicted octanol–water partition coefficient (Wildman–Crippen LogP) is 3.76. The normalized spacial score (nSPS) is 11.2. The Morgan fingerprint density at radius 1 is 1.21 bits per heavy atom. The first-order valence-corrected chi connectivity index (χ1v) is 7.19. The first-order valence-electron chi connectivity index (χ1n) is 7.19. The molecule has 0 spiro atoms. The molecule has 128 valence electrons. The van der Waals surface area contributed by atoms with Gasteiger partial charge in [-0.15, -0.1) is 0 Å². The van der Waals surface area contributed by atoms with Crippen molar-refractivity contribution in [3.8, 4) is 6.01 Å².